The van der Waals surface area contributed by atoms with Gasteiger partial charge in [0, 0.05) is 0 Å². The van der Waals surface area contributed by atoms with Crippen molar-refractivity contribution in [2.45, 2.75) is 6.18 Å². The number of hydrogen-bond acceptors (Lipinski definition) is 4. The number of nitrogens with zero attached hydrogens (tertiary/aromatic N) is 3. The summed E-state index contributed by atoms with van der Waals surface area (Å²) in [6.07, 6.45) is -3.32. The molecule has 0 fully saturated rings. The number of nitrogen functional groups attached to an aromatic ring is 2. The molecule has 0 spiro atoms. The van der Waals surface area contributed by atoms with E-state index in [1.54, 1.807) is 0 Å². The third kappa shape index (κ3) is 2.19. The summed E-state index contributed by atoms with van der Waals surface area (Å²) in [5, 5.41) is 3.42. The van der Waals surface area contributed by atoms with E-state index < -0.39 is 11.7 Å². The molecular weight excluding hydrogens is 271 g/mol. The maximum absolute atomic E-state index is 12.6. The molecule has 0 radical (unpaired) electrons. The van der Waals surface area contributed by atoms with Gasteiger partial charge in [0.2, 0.25) is 0 Å². The third-order valence-electron chi connectivity index (χ3n) is 2.16. The Balaban J connectivity index is 2.59. The first kappa shape index (κ1) is 12.5. The SMILES string of the molecule is Nc1cnn(-c2cc(C(F)(F)F)cc(Cl)n2)c1N. The summed E-state index contributed by atoms with van der Waals surface area (Å²) in [5.41, 5.74) is 10.2. The smallest absolute Gasteiger partial charge is 0.394 e. The number of hydrogen-bond donors (Lipinski definition) is 2. The second-order valence-corrected chi connectivity index (χ2v) is 3.82. The van der Waals surface area contributed by atoms with Crippen LogP contribution in [0.3, 0.4) is 0 Å². The number of pyridine rings is 1. The summed E-state index contributed by atoms with van der Waals surface area (Å²) in [5.74, 6) is -0.151. The molecule has 2 aromatic rings. The molecule has 0 aromatic carbocycles. The lowest BCUT2D eigenvalue weighted by Crippen LogP contribution is -2.10. The molecule has 5 nitrogen and oxygen atoms in total. The van der Waals surface area contributed by atoms with Gasteiger partial charge in [-0.15, -0.1) is 0 Å². The molecule has 18 heavy (non-hydrogen) atoms. The fraction of sp³-hybridized carbons (Fsp3) is 0.111. The Morgan fingerprint density at radius 1 is 1.22 bits per heavy atom. The van der Waals surface area contributed by atoms with E-state index in [9.17, 15) is 13.2 Å². The molecule has 0 unspecified atom stereocenters. The highest BCUT2D eigenvalue weighted by Gasteiger charge is 2.32. The lowest BCUT2D eigenvalue weighted by molar-refractivity contribution is -0.137. The normalized spacial score (nSPS) is 11.8. The van der Waals surface area contributed by atoms with Crippen LogP contribution in [0, 0.1) is 0 Å². The van der Waals surface area contributed by atoms with Crippen LogP contribution in [0.15, 0.2) is 18.3 Å². The van der Waals surface area contributed by atoms with Crippen LogP contribution >= 0.6 is 11.6 Å². The number of halogens is 4. The topological polar surface area (TPSA) is 82.8 Å². The van der Waals surface area contributed by atoms with E-state index >= 15 is 0 Å². The zero-order valence-corrected chi connectivity index (χ0v) is 9.50. The molecule has 0 aliphatic heterocycles. The van der Waals surface area contributed by atoms with Gasteiger partial charge in [-0.3, -0.25) is 0 Å². The van der Waals surface area contributed by atoms with E-state index in [1.807, 2.05) is 0 Å². The first-order chi connectivity index (χ1) is 8.29. The van der Waals surface area contributed by atoms with Crippen molar-refractivity contribution in [3.8, 4) is 5.82 Å². The summed E-state index contributed by atoms with van der Waals surface area (Å²) in [6, 6.07) is 1.50. The van der Waals surface area contributed by atoms with Gasteiger partial charge in [-0.25, -0.2) is 4.98 Å². The van der Waals surface area contributed by atoms with Crippen molar-refractivity contribution in [1.82, 2.24) is 14.8 Å². The lowest BCUT2D eigenvalue weighted by atomic mass is 10.2. The van der Waals surface area contributed by atoms with Gasteiger partial charge in [0.1, 0.15) is 5.15 Å². The fourth-order valence-corrected chi connectivity index (χ4v) is 1.51. The Morgan fingerprint density at radius 3 is 2.39 bits per heavy atom. The van der Waals surface area contributed by atoms with Crippen LogP contribution in [-0.2, 0) is 6.18 Å². The van der Waals surface area contributed by atoms with Crippen LogP contribution in [0.1, 0.15) is 5.56 Å². The van der Waals surface area contributed by atoms with Crippen molar-refractivity contribution >= 4 is 23.1 Å². The summed E-state index contributed by atoms with van der Waals surface area (Å²) >= 11 is 5.54. The summed E-state index contributed by atoms with van der Waals surface area (Å²) < 4.78 is 38.8. The molecule has 96 valence electrons. The molecule has 0 bridgehead atoms. The number of anilines is 2. The number of nitrogens with two attached hydrogens (primary N) is 2. The van der Waals surface area contributed by atoms with E-state index in [2.05, 4.69) is 10.1 Å². The number of alkyl halides is 3. The molecular formula is C9H7ClF3N5. The Kier molecular flexibility index (Phi) is 2.81. The van der Waals surface area contributed by atoms with Gasteiger partial charge in [0.05, 0.1) is 17.4 Å². The second-order valence-electron chi connectivity index (χ2n) is 3.43. The summed E-state index contributed by atoms with van der Waals surface area (Å²) in [6.45, 7) is 0. The van der Waals surface area contributed by atoms with Crippen LogP contribution in [0.4, 0.5) is 24.7 Å². The van der Waals surface area contributed by atoms with Gasteiger partial charge in [-0.05, 0) is 12.1 Å². The van der Waals surface area contributed by atoms with Crippen LogP contribution in [0.2, 0.25) is 5.15 Å². The third-order valence-corrected chi connectivity index (χ3v) is 2.35. The van der Waals surface area contributed by atoms with Crippen LogP contribution in [0.25, 0.3) is 5.82 Å². The molecule has 2 rings (SSSR count). The molecule has 0 atom stereocenters. The van der Waals surface area contributed by atoms with E-state index in [0.717, 1.165) is 10.7 Å². The van der Waals surface area contributed by atoms with Gasteiger partial charge in [0.25, 0.3) is 0 Å². The first-order valence-corrected chi connectivity index (χ1v) is 5.01. The minimum Gasteiger partial charge on any atom is -0.394 e. The van der Waals surface area contributed by atoms with Gasteiger partial charge in [-0.1, -0.05) is 11.6 Å². The Bertz CT molecular complexity index is 592. The minimum absolute atomic E-state index is 0.00195. The fourth-order valence-electron chi connectivity index (χ4n) is 1.31. The van der Waals surface area contributed by atoms with Gasteiger partial charge in [0.15, 0.2) is 11.6 Å². The predicted octanol–water partition coefficient (Wildman–Crippen LogP) is 2.10. The van der Waals surface area contributed by atoms with Crippen molar-refractivity contribution in [1.29, 1.82) is 0 Å². The van der Waals surface area contributed by atoms with Crippen LogP contribution < -0.4 is 11.5 Å². The number of aromatic nitrogens is 3. The van der Waals surface area contributed by atoms with E-state index in [-0.39, 0.29) is 22.5 Å². The Morgan fingerprint density at radius 2 is 1.89 bits per heavy atom. The molecule has 0 saturated carbocycles. The maximum Gasteiger partial charge on any atom is 0.416 e. The molecule has 0 amide bonds. The van der Waals surface area contributed by atoms with Crippen molar-refractivity contribution in [2.24, 2.45) is 0 Å². The summed E-state index contributed by atoms with van der Waals surface area (Å²) in [7, 11) is 0. The molecule has 0 aliphatic rings. The quantitative estimate of drug-likeness (QED) is 0.782. The second kappa shape index (κ2) is 4.05. The van der Waals surface area contributed by atoms with Crippen molar-refractivity contribution < 1.29 is 13.2 Å². The predicted molar refractivity (Wildman–Crippen MR) is 60.2 cm³/mol. The van der Waals surface area contributed by atoms with Crippen molar-refractivity contribution in [3.05, 3.63) is 29.0 Å². The zero-order chi connectivity index (χ0) is 13.5. The molecule has 9 heteroatoms. The highest BCUT2D eigenvalue weighted by atomic mass is 35.5. The minimum atomic E-state index is -4.53. The van der Waals surface area contributed by atoms with E-state index in [0.29, 0.717) is 6.07 Å². The Hall–Kier alpha value is -1.96. The van der Waals surface area contributed by atoms with Crippen molar-refractivity contribution in [3.63, 3.8) is 0 Å². The lowest BCUT2D eigenvalue weighted by Gasteiger charge is -2.09. The molecule has 4 N–H and O–H groups in total. The average molecular weight is 278 g/mol. The largest absolute Gasteiger partial charge is 0.416 e. The molecule has 2 aromatic heterocycles. The van der Waals surface area contributed by atoms with Gasteiger partial charge >= 0.3 is 6.18 Å². The van der Waals surface area contributed by atoms with Crippen LogP contribution in [0.5, 0.6) is 0 Å². The van der Waals surface area contributed by atoms with Gasteiger partial charge < -0.3 is 11.5 Å². The standard InChI is InChI=1S/C9H7ClF3N5/c10-6-1-4(9(11,12)13)2-7(17-6)18-8(15)5(14)3-16-18/h1-3H,14-15H2. The Labute approximate surface area is 104 Å². The highest BCUT2D eigenvalue weighted by molar-refractivity contribution is 6.29. The maximum atomic E-state index is 12.6. The molecule has 0 aliphatic carbocycles. The highest BCUT2D eigenvalue weighted by Crippen LogP contribution is 2.32. The summed E-state index contributed by atoms with van der Waals surface area (Å²) in [4.78, 5) is 3.72. The van der Waals surface area contributed by atoms with Crippen LogP contribution in [-0.4, -0.2) is 14.8 Å². The molecule has 0 saturated heterocycles. The average Bonchev–Trinajstić information content (AvgIpc) is 2.58. The van der Waals surface area contributed by atoms with E-state index in [4.69, 9.17) is 23.1 Å². The van der Waals surface area contributed by atoms with Crippen molar-refractivity contribution in [2.75, 3.05) is 11.5 Å². The molecule has 2 heterocycles. The van der Waals surface area contributed by atoms with Gasteiger partial charge in [-0.2, -0.15) is 23.0 Å². The monoisotopic (exact) mass is 277 g/mol. The number of rotatable bonds is 1. The van der Waals surface area contributed by atoms with E-state index in [1.165, 1.54) is 6.20 Å². The first-order valence-electron chi connectivity index (χ1n) is 4.63. The zero-order valence-electron chi connectivity index (χ0n) is 8.74.